The van der Waals surface area contributed by atoms with Crippen LogP contribution in [0.4, 0.5) is 0 Å². The Morgan fingerprint density at radius 2 is 2.26 bits per heavy atom. The van der Waals surface area contributed by atoms with Crippen molar-refractivity contribution in [1.82, 2.24) is 4.90 Å². The third kappa shape index (κ3) is 3.10. The third-order valence-electron chi connectivity index (χ3n) is 4.00. The molecule has 4 heteroatoms. The molecule has 1 aliphatic carbocycles. The van der Waals surface area contributed by atoms with Crippen LogP contribution in [0.2, 0.25) is 5.02 Å². The Labute approximate surface area is 119 Å². The minimum absolute atomic E-state index is 0.0651. The van der Waals surface area contributed by atoms with Crippen molar-refractivity contribution in [2.75, 3.05) is 13.1 Å². The van der Waals surface area contributed by atoms with Crippen molar-refractivity contribution in [3.63, 3.8) is 0 Å². The predicted molar refractivity (Wildman–Crippen MR) is 78.3 cm³/mol. The van der Waals surface area contributed by atoms with E-state index in [1.54, 1.807) is 12.1 Å². The molecule has 2 N–H and O–H groups in total. The van der Waals surface area contributed by atoms with E-state index >= 15 is 0 Å². The molecule has 2 rings (SSSR count). The van der Waals surface area contributed by atoms with Gasteiger partial charge in [-0.15, -0.1) is 0 Å². The molecule has 3 nitrogen and oxygen atoms in total. The summed E-state index contributed by atoms with van der Waals surface area (Å²) in [6.07, 6.45) is 3.34. The zero-order valence-electron chi connectivity index (χ0n) is 11.3. The van der Waals surface area contributed by atoms with Gasteiger partial charge >= 0.3 is 0 Å². The molecular weight excluding hydrogens is 260 g/mol. The molecule has 0 saturated heterocycles. The zero-order valence-corrected chi connectivity index (χ0v) is 12.1. The number of hydrogen-bond donors (Lipinski definition) is 1. The van der Waals surface area contributed by atoms with Gasteiger partial charge in [-0.1, -0.05) is 24.1 Å². The second kappa shape index (κ2) is 6.40. The first-order valence-corrected chi connectivity index (χ1v) is 7.31. The molecule has 0 bridgehead atoms. The van der Waals surface area contributed by atoms with E-state index in [-0.39, 0.29) is 11.9 Å². The maximum atomic E-state index is 12.6. The van der Waals surface area contributed by atoms with Gasteiger partial charge in [0.2, 0.25) is 0 Å². The van der Waals surface area contributed by atoms with Crippen molar-refractivity contribution in [1.29, 1.82) is 0 Å². The van der Waals surface area contributed by atoms with Gasteiger partial charge in [0.15, 0.2) is 0 Å². The number of rotatable bonds is 4. The summed E-state index contributed by atoms with van der Waals surface area (Å²) in [7, 11) is 0. The minimum Gasteiger partial charge on any atom is -0.336 e. The van der Waals surface area contributed by atoms with Crippen LogP contribution < -0.4 is 5.73 Å². The van der Waals surface area contributed by atoms with Gasteiger partial charge in [-0.05, 0) is 50.4 Å². The fourth-order valence-electron chi connectivity index (χ4n) is 3.02. The van der Waals surface area contributed by atoms with Gasteiger partial charge in [0.25, 0.3) is 5.91 Å². The van der Waals surface area contributed by atoms with Crippen molar-refractivity contribution < 1.29 is 4.79 Å². The van der Waals surface area contributed by atoms with Gasteiger partial charge in [0.05, 0.1) is 0 Å². The van der Waals surface area contributed by atoms with E-state index in [1.165, 1.54) is 0 Å². The summed E-state index contributed by atoms with van der Waals surface area (Å²) in [6, 6.07) is 7.44. The summed E-state index contributed by atoms with van der Waals surface area (Å²) in [5.41, 5.74) is 6.48. The summed E-state index contributed by atoms with van der Waals surface area (Å²) in [5, 5.41) is 0.601. The molecule has 1 fully saturated rings. The molecule has 1 aliphatic rings. The van der Waals surface area contributed by atoms with Crippen LogP contribution in [0.3, 0.4) is 0 Å². The van der Waals surface area contributed by atoms with E-state index in [0.29, 0.717) is 29.6 Å². The van der Waals surface area contributed by atoms with Gasteiger partial charge in [0, 0.05) is 23.2 Å². The van der Waals surface area contributed by atoms with Crippen molar-refractivity contribution in [3.8, 4) is 0 Å². The fourth-order valence-corrected chi connectivity index (χ4v) is 3.21. The molecule has 104 valence electrons. The van der Waals surface area contributed by atoms with Crippen LogP contribution in [0, 0.1) is 5.92 Å². The molecular formula is C15H21ClN2O. The highest BCUT2D eigenvalue weighted by Crippen LogP contribution is 2.30. The van der Waals surface area contributed by atoms with E-state index in [2.05, 4.69) is 0 Å². The highest BCUT2D eigenvalue weighted by Gasteiger charge is 2.33. The normalized spacial score (nSPS) is 22.5. The monoisotopic (exact) mass is 280 g/mol. The Morgan fingerprint density at radius 3 is 2.89 bits per heavy atom. The van der Waals surface area contributed by atoms with Crippen molar-refractivity contribution in [3.05, 3.63) is 34.9 Å². The van der Waals surface area contributed by atoms with Crippen LogP contribution in [0.5, 0.6) is 0 Å². The first kappa shape index (κ1) is 14.4. The number of nitrogens with zero attached hydrogens (tertiary/aromatic N) is 1. The van der Waals surface area contributed by atoms with Crippen LogP contribution in [0.15, 0.2) is 24.3 Å². The quantitative estimate of drug-likeness (QED) is 0.922. The summed E-state index contributed by atoms with van der Waals surface area (Å²) in [6.45, 7) is 3.39. The summed E-state index contributed by atoms with van der Waals surface area (Å²) in [4.78, 5) is 14.6. The second-order valence-electron chi connectivity index (χ2n) is 5.10. The van der Waals surface area contributed by atoms with Crippen molar-refractivity contribution in [2.45, 2.75) is 32.2 Å². The SMILES string of the molecule is CCN(C(=O)c1cccc(Cl)c1)C1CCCC1CN. The molecule has 2 atom stereocenters. The molecule has 0 heterocycles. The molecule has 0 aliphatic heterocycles. The molecule has 19 heavy (non-hydrogen) atoms. The number of carbonyl (C=O) groups excluding carboxylic acids is 1. The van der Waals surface area contributed by atoms with E-state index < -0.39 is 0 Å². The maximum absolute atomic E-state index is 12.6. The average molecular weight is 281 g/mol. The van der Waals surface area contributed by atoms with Gasteiger partial charge in [-0.2, -0.15) is 0 Å². The maximum Gasteiger partial charge on any atom is 0.254 e. The number of halogens is 1. The Bertz CT molecular complexity index is 450. The standard InChI is InChI=1S/C15H21ClN2O/c1-2-18(14-8-4-6-12(14)10-17)15(19)11-5-3-7-13(16)9-11/h3,5,7,9,12,14H,2,4,6,8,10,17H2,1H3. The molecule has 0 radical (unpaired) electrons. The lowest BCUT2D eigenvalue weighted by Crippen LogP contribution is -2.44. The molecule has 1 aromatic carbocycles. The minimum atomic E-state index is 0.0651. The fraction of sp³-hybridized carbons (Fsp3) is 0.533. The Morgan fingerprint density at radius 1 is 1.47 bits per heavy atom. The Hall–Kier alpha value is -1.06. The van der Waals surface area contributed by atoms with Gasteiger partial charge in [0.1, 0.15) is 0 Å². The van der Waals surface area contributed by atoms with E-state index in [4.69, 9.17) is 17.3 Å². The summed E-state index contributed by atoms with van der Waals surface area (Å²) in [5.74, 6) is 0.499. The van der Waals surface area contributed by atoms with E-state index in [0.717, 1.165) is 19.3 Å². The Kier molecular flexibility index (Phi) is 4.83. The number of hydrogen-bond acceptors (Lipinski definition) is 2. The summed E-state index contributed by atoms with van der Waals surface area (Å²) < 4.78 is 0. The largest absolute Gasteiger partial charge is 0.336 e. The first-order chi connectivity index (χ1) is 9.17. The molecule has 2 unspecified atom stereocenters. The van der Waals surface area contributed by atoms with E-state index in [1.807, 2.05) is 24.0 Å². The van der Waals surface area contributed by atoms with Crippen LogP contribution >= 0.6 is 11.6 Å². The van der Waals surface area contributed by atoms with Crippen LogP contribution in [-0.4, -0.2) is 29.9 Å². The number of amides is 1. The van der Waals surface area contributed by atoms with Crippen LogP contribution in [0.25, 0.3) is 0 Å². The molecule has 1 aromatic rings. The van der Waals surface area contributed by atoms with Crippen molar-refractivity contribution >= 4 is 17.5 Å². The van der Waals surface area contributed by atoms with Crippen LogP contribution in [0.1, 0.15) is 36.5 Å². The Balaban J connectivity index is 2.19. The van der Waals surface area contributed by atoms with Crippen LogP contribution in [-0.2, 0) is 0 Å². The van der Waals surface area contributed by atoms with Gasteiger partial charge in [-0.25, -0.2) is 0 Å². The van der Waals surface area contributed by atoms with Crippen molar-refractivity contribution in [2.24, 2.45) is 11.7 Å². The lowest BCUT2D eigenvalue weighted by Gasteiger charge is -2.32. The molecule has 0 aromatic heterocycles. The lowest BCUT2D eigenvalue weighted by atomic mass is 10.0. The molecule has 1 saturated carbocycles. The number of carbonyl (C=O) groups is 1. The average Bonchev–Trinajstić information content (AvgIpc) is 2.88. The lowest BCUT2D eigenvalue weighted by molar-refractivity contribution is 0.0652. The number of nitrogens with two attached hydrogens (primary N) is 1. The number of benzene rings is 1. The molecule has 1 amide bonds. The topological polar surface area (TPSA) is 46.3 Å². The summed E-state index contributed by atoms with van der Waals surface area (Å²) >= 11 is 5.96. The van der Waals surface area contributed by atoms with E-state index in [9.17, 15) is 4.79 Å². The van der Waals surface area contributed by atoms with Gasteiger partial charge < -0.3 is 10.6 Å². The highest BCUT2D eigenvalue weighted by atomic mass is 35.5. The second-order valence-corrected chi connectivity index (χ2v) is 5.53. The highest BCUT2D eigenvalue weighted by molar-refractivity contribution is 6.30. The van der Waals surface area contributed by atoms with Gasteiger partial charge in [-0.3, -0.25) is 4.79 Å². The zero-order chi connectivity index (χ0) is 13.8. The third-order valence-corrected chi connectivity index (χ3v) is 4.23. The predicted octanol–water partition coefficient (Wildman–Crippen LogP) is 2.93. The smallest absolute Gasteiger partial charge is 0.254 e. The first-order valence-electron chi connectivity index (χ1n) is 6.94. The molecule has 0 spiro atoms.